The minimum Gasteiger partial charge on any atom is -0.493 e. The Balaban J connectivity index is 1.84. The van der Waals surface area contributed by atoms with Crippen LogP contribution in [0.5, 0.6) is 11.5 Å². The molecule has 0 aliphatic heterocycles. The Kier molecular flexibility index (Phi) is 5.52. The minimum absolute atomic E-state index is 0.582. The van der Waals surface area contributed by atoms with Crippen molar-refractivity contribution in [1.82, 2.24) is 10.2 Å². The monoisotopic (exact) mass is 298 g/mol. The third-order valence-electron chi connectivity index (χ3n) is 3.63. The summed E-state index contributed by atoms with van der Waals surface area (Å²) in [5.41, 5.74) is 1.10. The standard InChI is InChI=1S/C15H23ClN2O2/c1-18(12-4-5-12)7-6-17-10-11-8-13(16)15(20-3)14(9-11)19-2/h8-9,12,17H,4-7,10H2,1-3H3. The molecule has 0 aromatic heterocycles. The van der Waals surface area contributed by atoms with Crippen LogP contribution in [0.3, 0.4) is 0 Å². The molecule has 1 fully saturated rings. The Bertz CT molecular complexity index is 450. The van der Waals surface area contributed by atoms with Crippen molar-refractivity contribution in [1.29, 1.82) is 0 Å². The Hall–Kier alpha value is -0.970. The van der Waals surface area contributed by atoms with Crippen LogP contribution in [0, 0.1) is 0 Å². The van der Waals surface area contributed by atoms with Crippen LogP contribution in [-0.4, -0.2) is 45.3 Å². The van der Waals surface area contributed by atoms with Gasteiger partial charge >= 0.3 is 0 Å². The number of rotatable bonds is 8. The summed E-state index contributed by atoms with van der Waals surface area (Å²) in [6.45, 7) is 2.82. The molecule has 0 unspecified atom stereocenters. The molecular formula is C15H23ClN2O2. The summed E-state index contributed by atoms with van der Waals surface area (Å²) >= 11 is 6.19. The third kappa shape index (κ3) is 4.01. The van der Waals surface area contributed by atoms with Gasteiger partial charge in [0.1, 0.15) is 0 Å². The van der Waals surface area contributed by atoms with E-state index in [1.165, 1.54) is 12.8 Å². The number of likely N-dealkylation sites (N-methyl/N-ethyl adjacent to an activating group) is 1. The first-order valence-corrected chi connectivity index (χ1v) is 7.35. The smallest absolute Gasteiger partial charge is 0.179 e. The van der Waals surface area contributed by atoms with Gasteiger partial charge < -0.3 is 19.7 Å². The summed E-state index contributed by atoms with van der Waals surface area (Å²) in [7, 11) is 5.40. The highest BCUT2D eigenvalue weighted by Crippen LogP contribution is 2.35. The van der Waals surface area contributed by atoms with E-state index in [0.29, 0.717) is 16.5 Å². The number of hydrogen-bond donors (Lipinski definition) is 1. The Morgan fingerprint density at radius 2 is 2.05 bits per heavy atom. The van der Waals surface area contributed by atoms with Gasteiger partial charge in [-0.2, -0.15) is 0 Å². The molecule has 112 valence electrons. The molecule has 0 atom stereocenters. The molecule has 20 heavy (non-hydrogen) atoms. The zero-order valence-corrected chi connectivity index (χ0v) is 13.2. The normalized spacial score (nSPS) is 14.7. The number of halogens is 1. The van der Waals surface area contributed by atoms with Gasteiger partial charge in [0.2, 0.25) is 0 Å². The minimum atomic E-state index is 0.582. The zero-order chi connectivity index (χ0) is 14.5. The van der Waals surface area contributed by atoms with E-state index in [0.717, 1.165) is 31.2 Å². The molecule has 1 N–H and O–H groups in total. The van der Waals surface area contributed by atoms with E-state index in [2.05, 4.69) is 17.3 Å². The summed E-state index contributed by atoms with van der Waals surface area (Å²) in [6.07, 6.45) is 2.70. The maximum atomic E-state index is 6.19. The lowest BCUT2D eigenvalue weighted by Crippen LogP contribution is -2.30. The summed E-state index contributed by atoms with van der Waals surface area (Å²) in [4.78, 5) is 2.41. The van der Waals surface area contributed by atoms with Crippen LogP contribution < -0.4 is 14.8 Å². The van der Waals surface area contributed by atoms with Crippen LogP contribution in [0.1, 0.15) is 18.4 Å². The fraction of sp³-hybridized carbons (Fsp3) is 0.600. The predicted molar refractivity (Wildman–Crippen MR) is 81.9 cm³/mol. The third-order valence-corrected chi connectivity index (χ3v) is 3.91. The molecule has 0 spiro atoms. The van der Waals surface area contributed by atoms with Crippen molar-refractivity contribution in [3.8, 4) is 11.5 Å². The van der Waals surface area contributed by atoms with Gasteiger partial charge in [0.05, 0.1) is 19.2 Å². The summed E-state index contributed by atoms with van der Waals surface area (Å²) in [5.74, 6) is 1.26. The molecule has 1 saturated carbocycles. The number of ether oxygens (including phenoxy) is 2. The van der Waals surface area contributed by atoms with Gasteiger partial charge in [-0.25, -0.2) is 0 Å². The molecule has 0 bridgehead atoms. The number of hydrogen-bond acceptors (Lipinski definition) is 4. The second kappa shape index (κ2) is 7.16. The number of methoxy groups -OCH3 is 2. The average Bonchev–Trinajstić information content (AvgIpc) is 3.27. The maximum Gasteiger partial charge on any atom is 0.179 e. The number of nitrogens with zero attached hydrogens (tertiary/aromatic N) is 1. The SMILES string of the molecule is COc1cc(CNCCN(C)C2CC2)cc(Cl)c1OC. The molecule has 1 aromatic rings. The van der Waals surface area contributed by atoms with Crippen molar-refractivity contribution in [2.24, 2.45) is 0 Å². The first-order valence-electron chi connectivity index (χ1n) is 6.97. The average molecular weight is 299 g/mol. The van der Waals surface area contributed by atoms with Crippen LogP contribution in [-0.2, 0) is 6.54 Å². The zero-order valence-electron chi connectivity index (χ0n) is 12.4. The second-order valence-corrected chi connectivity index (χ2v) is 5.61. The van der Waals surface area contributed by atoms with E-state index in [4.69, 9.17) is 21.1 Å². The van der Waals surface area contributed by atoms with Crippen molar-refractivity contribution < 1.29 is 9.47 Å². The molecule has 4 nitrogen and oxygen atoms in total. The van der Waals surface area contributed by atoms with E-state index in [-0.39, 0.29) is 0 Å². The summed E-state index contributed by atoms with van der Waals surface area (Å²) in [5, 5.41) is 4.02. The van der Waals surface area contributed by atoms with Gasteiger partial charge in [-0.1, -0.05) is 11.6 Å². The van der Waals surface area contributed by atoms with E-state index in [9.17, 15) is 0 Å². The molecule has 1 aromatic carbocycles. The Labute approximate surface area is 126 Å². The fourth-order valence-electron chi connectivity index (χ4n) is 2.26. The molecule has 0 heterocycles. The molecule has 1 aliphatic rings. The molecule has 5 heteroatoms. The molecular weight excluding hydrogens is 276 g/mol. The molecule has 0 amide bonds. The number of benzene rings is 1. The van der Waals surface area contributed by atoms with Gasteiger partial charge in [-0.05, 0) is 37.6 Å². The molecule has 0 saturated heterocycles. The van der Waals surface area contributed by atoms with E-state index >= 15 is 0 Å². The van der Waals surface area contributed by atoms with Gasteiger partial charge in [0.15, 0.2) is 11.5 Å². The van der Waals surface area contributed by atoms with Gasteiger partial charge in [-0.3, -0.25) is 0 Å². The van der Waals surface area contributed by atoms with Crippen molar-refractivity contribution in [3.63, 3.8) is 0 Å². The van der Waals surface area contributed by atoms with Crippen LogP contribution >= 0.6 is 11.6 Å². The van der Waals surface area contributed by atoms with Crippen LogP contribution in [0.2, 0.25) is 5.02 Å². The van der Waals surface area contributed by atoms with Crippen molar-refractivity contribution in [2.45, 2.75) is 25.4 Å². The van der Waals surface area contributed by atoms with Crippen LogP contribution in [0.4, 0.5) is 0 Å². The van der Waals surface area contributed by atoms with E-state index in [1.807, 2.05) is 12.1 Å². The molecule has 2 rings (SSSR count). The van der Waals surface area contributed by atoms with E-state index in [1.54, 1.807) is 14.2 Å². The first-order chi connectivity index (χ1) is 9.65. The quantitative estimate of drug-likeness (QED) is 0.748. The summed E-state index contributed by atoms with van der Waals surface area (Å²) < 4.78 is 10.5. The first kappa shape index (κ1) is 15.4. The Morgan fingerprint density at radius 3 is 2.65 bits per heavy atom. The van der Waals surface area contributed by atoms with Gasteiger partial charge in [0, 0.05) is 25.7 Å². The number of nitrogens with one attached hydrogen (secondary N) is 1. The van der Waals surface area contributed by atoms with E-state index < -0.39 is 0 Å². The summed E-state index contributed by atoms with van der Waals surface area (Å²) in [6, 6.07) is 4.69. The lowest BCUT2D eigenvalue weighted by atomic mass is 10.2. The molecule has 1 aliphatic carbocycles. The second-order valence-electron chi connectivity index (χ2n) is 5.20. The highest BCUT2D eigenvalue weighted by atomic mass is 35.5. The van der Waals surface area contributed by atoms with Crippen molar-refractivity contribution in [3.05, 3.63) is 22.7 Å². The fourth-order valence-corrected chi connectivity index (χ4v) is 2.57. The lowest BCUT2D eigenvalue weighted by Gasteiger charge is -2.16. The maximum absolute atomic E-state index is 6.19. The van der Waals surface area contributed by atoms with Crippen molar-refractivity contribution in [2.75, 3.05) is 34.4 Å². The van der Waals surface area contributed by atoms with Crippen LogP contribution in [0.15, 0.2) is 12.1 Å². The van der Waals surface area contributed by atoms with Crippen LogP contribution in [0.25, 0.3) is 0 Å². The van der Waals surface area contributed by atoms with Crippen molar-refractivity contribution >= 4 is 11.6 Å². The largest absolute Gasteiger partial charge is 0.493 e. The Morgan fingerprint density at radius 1 is 1.30 bits per heavy atom. The highest BCUT2D eigenvalue weighted by molar-refractivity contribution is 6.32. The van der Waals surface area contributed by atoms with Gasteiger partial charge in [0.25, 0.3) is 0 Å². The molecule has 0 radical (unpaired) electrons. The predicted octanol–water partition coefficient (Wildman–Crippen LogP) is 2.54. The highest BCUT2D eigenvalue weighted by Gasteiger charge is 2.25. The van der Waals surface area contributed by atoms with Gasteiger partial charge in [-0.15, -0.1) is 0 Å². The topological polar surface area (TPSA) is 33.7 Å². The lowest BCUT2D eigenvalue weighted by molar-refractivity contribution is 0.321.